The van der Waals surface area contributed by atoms with Crippen molar-refractivity contribution < 1.29 is 24.0 Å². The zero-order valence-electron chi connectivity index (χ0n) is 24.2. The van der Waals surface area contributed by atoms with E-state index in [1.807, 2.05) is 49.2 Å². The molecule has 11 heteroatoms. The second-order valence-electron chi connectivity index (χ2n) is 11.2. The molecule has 0 spiro atoms. The summed E-state index contributed by atoms with van der Waals surface area (Å²) in [4.78, 5) is 47.8. The van der Waals surface area contributed by atoms with Gasteiger partial charge in [0.15, 0.2) is 0 Å². The van der Waals surface area contributed by atoms with Crippen molar-refractivity contribution in [1.82, 2.24) is 14.7 Å². The Morgan fingerprint density at radius 3 is 2.51 bits per heavy atom. The van der Waals surface area contributed by atoms with Gasteiger partial charge in [-0.25, -0.2) is 0 Å². The van der Waals surface area contributed by atoms with Crippen LogP contribution in [0.25, 0.3) is 0 Å². The van der Waals surface area contributed by atoms with Crippen LogP contribution in [0.3, 0.4) is 0 Å². The Labute approximate surface area is 249 Å². The second kappa shape index (κ2) is 11.8. The number of carbonyl (C=O) groups is 2. The zero-order chi connectivity index (χ0) is 30.1. The number of benzene rings is 3. The van der Waals surface area contributed by atoms with Gasteiger partial charge in [0.2, 0.25) is 5.75 Å². The highest BCUT2D eigenvalue weighted by Crippen LogP contribution is 2.35. The molecule has 3 aromatic rings. The van der Waals surface area contributed by atoms with Gasteiger partial charge in [-0.2, -0.15) is 0 Å². The average Bonchev–Trinajstić information content (AvgIpc) is 3.44. The Hall–Kier alpha value is -4.77. The minimum Gasteiger partial charge on any atom is -0.478 e. The van der Waals surface area contributed by atoms with E-state index in [-0.39, 0.29) is 34.9 Å². The lowest BCUT2D eigenvalue weighted by molar-refractivity contribution is -0.385. The minimum atomic E-state index is -0.537. The van der Waals surface area contributed by atoms with E-state index in [1.165, 1.54) is 12.1 Å². The molecule has 2 saturated heterocycles. The topological polar surface area (TPSA) is 118 Å². The molecule has 3 aromatic carbocycles. The zero-order valence-corrected chi connectivity index (χ0v) is 24.2. The van der Waals surface area contributed by atoms with E-state index in [1.54, 1.807) is 23.1 Å². The monoisotopic (exact) mass is 583 g/mol. The first-order valence-corrected chi connectivity index (χ1v) is 14.4. The molecule has 43 heavy (non-hydrogen) atoms. The third-order valence-corrected chi connectivity index (χ3v) is 8.18. The second-order valence-corrected chi connectivity index (χ2v) is 11.2. The maximum atomic E-state index is 13.2. The number of aliphatic imine (C=N–C) groups is 1. The molecular weight excluding hydrogens is 550 g/mol. The Balaban J connectivity index is 1.06. The molecule has 0 aliphatic carbocycles. The Kier molecular flexibility index (Phi) is 7.81. The van der Waals surface area contributed by atoms with Crippen LogP contribution in [0.1, 0.15) is 44.7 Å². The van der Waals surface area contributed by atoms with Gasteiger partial charge in [-0.05, 0) is 62.6 Å². The number of hydrogen-bond donors (Lipinski definition) is 0. The lowest BCUT2D eigenvalue weighted by Gasteiger charge is -2.34. The maximum Gasteiger partial charge on any atom is 0.312 e. The number of rotatable bonds is 7. The van der Waals surface area contributed by atoms with Crippen LogP contribution in [0.5, 0.6) is 17.2 Å². The van der Waals surface area contributed by atoms with Crippen LogP contribution in [0, 0.1) is 24.0 Å². The van der Waals surface area contributed by atoms with Crippen molar-refractivity contribution in [3.05, 3.63) is 87.0 Å². The van der Waals surface area contributed by atoms with Crippen molar-refractivity contribution in [1.29, 1.82) is 0 Å². The predicted octanol–water partition coefficient (Wildman–Crippen LogP) is 5.12. The number of nitrogens with zero attached hydrogens (tertiary/aromatic N) is 5. The minimum absolute atomic E-state index is 0.0178. The molecule has 1 atom stereocenters. The number of nitro benzene ring substituents is 1. The van der Waals surface area contributed by atoms with E-state index in [9.17, 15) is 19.7 Å². The van der Waals surface area contributed by atoms with Crippen LogP contribution in [-0.4, -0.2) is 83.1 Å². The Bertz CT molecular complexity index is 1600. The first-order chi connectivity index (χ1) is 20.8. The van der Waals surface area contributed by atoms with Gasteiger partial charge >= 0.3 is 5.69 Å². The SMILES string of the molecule is Cc1ccc(Oc2ccc(C(=O)N3CCN(COc4cc5c(cc4C)C(=O)N4CCC[C@H]4C=N5)CC3)cc2[N+](=O)[O-])cc1. The highest BCUT2D eigenvalue weighted by atomic mass is 16.6. The smallest absolute Gasteiger partial charge is 0.312 e. The van der Waals surface area contributed by atoms with Crippen molar-refractivity contribution in [2.75, 3.05) is 39.5 Å². The Morgan fingerprint density at radius 2 is 1.77 bits per heavy atom. The van der Waals surface area contributed by atoms with Gasteiger partial charge in [-0.3, -0.25) is 29.6 Å². The van der Waals surface area contributed by atoms with Gasteiger partial charge in [0, 0.05) is 56.6 Å². The fourth-order valence-electron chi connectivity index (χ4n) is 5.67. The van der Waals surface area contributed by atoms with Gasteiger partial charge < -0.3 is 19.3 Å². The van der Waals surface area contributed by atoms with Crippen LogP contribution < -0.4 is 9.47 Å². The molecule has 6 rings (SSSR count). The summed E-state index contributed by atoms with van der Waals surface area (Å²) in [5, 5.41) is 11.8. The fourth-order valence-corrected chi connectivity index (χ4v) is 5.67. The molecule has 0 saturated carbocycles. The number of nitro groups is 1. The van der Waals surface area contributed by atoms with Crippen molar-refractivity contribution in [2.45, 2.75) is 32.7 Å². The van der Waals surface area contributed by atoms with E-state index in [0.717, 1.165) is 30.5 Å². The van der Waals surface area contributed by atoms with E-state index in [2.05, 4.69) is 9.89 Å². The van der Waals surface area contributed by atoms with Gasteiger partial charge in [0.25, 0.3) is 11.8 Å². The highest BCUT2D eigenvalue weighted by molar-refractivity contribution is 6.03. The molecule has 0 unspecified atom stereocenters. The highest BCUT2D eigenvalue weighted by Gasteiger charge is 2.32. The molecular formula is C32H33N5O6. The van der Waals surface area contributed by atoms with Crippen molar-refractivity contribution in [3.8, 4) is 17.2 Å². The van der Waals surface area contributed by atoms with Crippen molar-refractivity contribution >= 4 is 29.4 Å². The number of amides is 2. The van der Waals surface area contributed by atoms with Crippen molar-refractivity contribution in [2.24, 2.45) is 4.99 Å². The van der Waals surface area contributed by atoms with Crippen LogP contribution in [-0.2, 0) is 0 Å². The summed E-state index contributed by atoms with van der Waals surface area (Å²) in [5.41, 5.74) is 3.12. The summed E-state index contributed by atoms with van der Waals surface area (Å²) in [5.74, 6) is 0.980. The molecule has 2 fully saturated rings. The molecule has 11 nitrogen and oxygen atoms in total. The molecule has 3 aliphatic heterocycles. The number of piperazine rings is 1. The van der Waals surface area contributed by atoms with Crippen LogP contribution >= 0.6 is 0 Å². The molecule has 0 N–H and O–H groups in total. The van der Waals surface area contributed by atoms with E-state index >= 15 is 0 Å². The van der Waals surface area contributed by atoms with Gasteiger partial charge in [-0.15, -0.1) is 0 Å². The first kappa shape index (κ1) is 28.4. The molecule has 3 heterocycles. The van der Waals surface area contributed by atoms with Gasteiger partial charge in [-0.1, -0.05) is 17.7 Å². The number of aryl methyl sites for hydroxylation is 2. The third-order valence-electron chi connectivity index (χ3n) is 8.18. The Morgan fingerprint density at radius 1 is 1.00 bits per heavy atom. The number of fused-ring (bicyclic) bond motifs is 2. The van der Waals surface area contributed by atoms with Crippen LogP contribution in [0.2, 0.25) is 0 Å². The normalized spacial score (nSPS) is 18.2. The summed E-state index contributed by atoms with van der Waals surface area (Å²) in [6, 6.07) is 15.3. The summed E-state index contributed by atoms with van der Waals surface area (Å²) in [6.07, 6.45) is 3.79. The number of ether oxygens (including phenoxy) is 2. The van der Waals surface area contributed by atoms with Gasteiger partial charge in [0.05, 0.1) is 22.2 Å². The molecule has 222 valence electrons. The molecule has 2 amide bonds. The standard InChI is InChI=1S/C32H33N5O6/c1-21-5-8-25(9-6-21)43-29-10-7-23(17-28(29)37(40)41)31(38)35-14-12-34(13-15-35)20-42-30-18-27-26(16-22(30)2)32(39)36-11-3-4-24(36)19-33-27/h5-10,16-19,24H,3-4,11-15,20H2,1-2H3/t24-/m0/s1. The largest absolute Gasteiger partial charge is 0.478 e. The predicted molar refractivity (Wildman–Crippen MR) is 161 cm³/mol. The van der Waals surface area contributed by atoms with Crippen LogP contribution in [0.4, 0.5) is 11.4 Å². The van der Waals surface area contributed by atoms with E-state index in [4.69, 9.17) is 9.47 Å². The lowest BCUT2D eigenvalue weighted by Crippen LogP contribution is -2.49. The summed E-state index contributed by atoms with van der Waals surface area (Å²) >= 11 is 0. The molecule has 0 radical (unpaired) electrons. The quantitative estimate of drug-likeness (QED) is 0.280. The summed E-state index contributed by atoms with van der Waals surface area (Å²) < 4.78 is 11.9. The summed E-state index contributed by atoms with van der Waals surface area (Å²) in [6.45, 7) is 7.02. The summed E-state index contributed by atoms with van der Waals surface area (Å²) in [7, 11) is 0. The molecule has 3 aliphatic rings. The molecule has 0 bridgehead atoms. The molecule has 0 aromatic heterocycles. The lowest BCUT2D eigenvalue weighted by atomic mass is 10.1. The average molecular weight is 584 g/mol. The van der Waals surface area contributed by atoms with E-state index < -0.39 is 4.92 Å². The first-order valence-electron chi connectivity index (χ1n) is 14.4. The van der Waals surface area contributed by atoms with Crippen molar-refractivity contribution in [3.63, 3.8) is 0 Å². The fraction of sp³-hybridized carbons (Fsp3) is 0.344. The van der Waals surface area contributed by atoms with Gasteiger partial charge in [0.1, 0.15) is 18.2 Å². The van der Waals surface area contributed by atoms with Crippen LogP contribution in [0.15, 0.2) is 59.6 Å². The maximum absolute atomic E-state index is 13.2. The third kappa shape index (κ3) is 5.94. The number of hydrogen-bond acceptors (Lipinski definition) is 8. The van der Waals surface area contributed by atoms with E-state index in [0.29, 0.717) is 55.7 Å². The number of carbonyl (C=O) groups excluding carboxylic acids is 2.